The summed E-state index contributed by atoms with van der Waals surface area (Å²) < 4.78 is 1.93. The van der Waals surface area contributed by atoms with Gasteiger partial charge in [-0.15, -0.1) is 10.2 Å². The molecule has 0 saturated heterocycles. The van der Waals surface area contributed by atoms with Gasteiger partial charge in [-0.3, -0.25) is 4.79 Å². The van der Waals surface area contributed by atoms with Crippen LogP contribution in [0.2, 0.25) is 0 Å². The van der Waals surface area contributed by atoms with E-state index >= 15 is 0 Å². The maximum absolute atomic E-state index is 12.3. The third-order valence-corrected chi connectivity index (χ3v) is 5.68. The van der Waals surface area contributed by atoms with Crippen molar-refractivity contribution in [2.75, 3.05) is 11.1 Å². The monoisotopic (exact) mass is 394 g/mol. The zero-order chi connectivity index (χ0) is 20.3. The predicted octanol–water partition coefficient (Wildman–Crippen LogP) is 4.95. The summed E-state index contributed by atoms with van der Waals surface area (Å²) in [7, 11) is 1.93. The van der Waals surface area contributed by atoms with Crippen molar-refractivity contribution in [2.45, 2.75) is 38.8 Å². The molecule has 0 spiro atoms. The number of amides is 1. The van der Waals surface area contributed by atoms with Crippen molar-refractivity contribution in [3.63, 3.8) is 0 Å². The van der Waals surface area contributed by atoms with E-state index < -0.39 is 0 Å². The van der Waals surface area contributed by atoms with Crippen molar-refractivity contribution < 1.29 is 4.79 Å². The first-order chi connectivity index (χ1) is 13.3. The van der Waals surface area contributed by atoms with E-state index in [0.29, 0.717) is 5.92 Å². The first-order valence-corrected chi connectivity index (χ1v) is 10.3. The largest absolute Gasteiger partial charge is 0.325 e. The molecule has 0 aliphatic carbocycles. The molecule has 0 aliphatic rings. The molecule has 28 heavy (non-hydrogen) atoms. The van der Waals surface area contributed by atoms with Gasteiger partial charge in [-0.2, -0.15) is 0 Å². The lowest BCUT2D eigenvalue weighted by Crippen LogP contribution is -2.15. The third kappa shape index (κ3) is 4.62. The quantitative estimate of drug-likeness (QED) is 0.601. The van der Waals surface area contributed by atoms with Crippen LogP contribution in [0, 0.1) is 13.8 Å². The molecule has 0 saturated carbocycles. The highest BCUT2D eigenvalue weighted by Crippen LogP contribution is 2.25. The highest BCUT2D eigenvalue weighted by atomic mass is 32.2. The number of aryl methyl sites for hydroxylation is 2. The highest BCUT2D eigenvalue weighted by molar-refractivity contribution is 7.99. The zero-order valence-corrected chi connectivity index (χ0v) is 17.8. The second kappa shape index (κ2) is 8.61. The summed E-state index contributed by atoms with van der Waals surface area (Å²) in [6.07, 6.45) is 0. The topological polar surface area (TPSA) is 59.8 Å². The van der Waals surface area contributed by atoms with Crippen LogP contribution in [0.25, 0.3) is 11.4 Å². The molecule has 1 aromatic heterocycles. The lowest BCUT2D eigenvalue weighted by Gasteiger charge is -2.09. The molecule has 146 valence electrons. The Hall–Kier alpha value is -2.60. The molecule has 0 fully saturated rings. The number of benzene rings is 2. The van der Waals surface area contributed by atoms with Crippen molar-refractivity contribution in [2.24, 2.45) is 7.05 Å². The van der Waals surface area contributed by atoms with E-state index in [1.807, 2.05) is 37.6 Å². The van der Waals surface area contributed by atoms with Crippen molar-refractivity contribution in [3.8, 4) is 11.4 Å². The standard InChI is InChI=1S/C22H26N4OS/c1-14(2)17-7-9-18(10-8-17)21-24-25-22(26(21)5)28-13-20(27)23-19-11-6-15(3)12-16(19)4/h6-12,14H,13H2,1-5H3,(H,23,27). The van der Waals surface area contributed by atoms with Crippen LogP contribution in [-0.2, 0) is 11.8 Å². The molecule has 0 atom stereocenters. The molecule has 2 aromatic carbocycles. The van der Waals surface area contributed by atoms with E-state index in [2.05, 4.69) is 59.7 Å². The molecule has 3 rings (SSSR count). The van der Waals surface area contributed by atoms with Crippen LogP contribution in [-0.4, -0.2) is 26.4 Å². The van der Waals surface area contributed by atoms with Crippen LogP contribution in [0.5, 0.6) is 0 Å². The van der Waals surface area contributed by atoms with Gasteiger partial charge in [0.1, 0.15) is 0 Å². The second-order valence-electron chi connectivity index (χ2n) is 7.30. The van der Waals surface area contributed by atoms with Crippen molar-refractivity contribution >= 4 is 23.4 Å². The van der Waals surface area contributed by atoms with E-state index in [0.717, 1.165) is 27.8 Å². The van der Waals surface area contributed by atoms with Gasteiger partial charge in [0, 0.05) is 18.3 Å². The normalized spacial score (nSPS) is 11.1. The number of carbonyl (C=O) groups is 1. The summed E-state index contributed by atoms with van der Waals surface area (Å²) in [5.74, 6) is 1.52. The Balaban J connectivity index is 1.64. The van der Waals surface area contributed by atoms with Gasteiger partial charge in [-0.1, -0.05) is 67.6 Å². The van der Waals surface area contributed by atoms with Gasteiger partial charge in [-0.25, -0.2) is 0 Å². The Bertz CT molecular complexity index is 977. The van der Waals surface area contributed by atoms with Crippen LogP contribution >= 0.6 is 11.8 Å². The molecular weight excluding hydrogens is 368 g/mol. The number of hydrogen-bond acceptors (Lipinski definition) is 4. The van der Waals surface area contributed by atoms with E-state index in [1.165, 1.54) is 22.9 Å². The van der Waals surface area contributed by atoms with E-state index in [1.54, 1.807) is 0 Å². The minimum Gasteiger partial charge on any atom is -0.325 e. The summed E-state index contributed by atoms with van der Waals surface area (Å²) in [6, 6.07) is 14.4. The summed E-state index contributed by atoms with van der Waals surface area (Å²) in [4.78, 5) is 12.3. The number of nitrogens with one attached hydrogen (secondary N) is 1. The fraction of sp³-hybridized carbons (Fsp3) is 0.318. The number of hydrogen-bond donors (Lipinski definition) is 1. The van der Waals surface area contributed by atoms with Crippen LogP contribution in [0.15, 0.2) is 47.6 Å². The van der Waals surface area contributed by atoms with Crippen LogP contribution in [0.1, 0.15) is 36.5 Å². The molecular formula is C22H26N4OS. The molecule has 0 unspecified atom stereocenters. The van der Waals surface area contributed by atoms with Gasteiger partial charge in [-0.05, 0) is 37.0 Å². The van der Waals surface area contributed by atoms with Gasteiger partial charge in [0.15, 0.2) is 11.0 Å². The Labute approximate surface area is 170 Å². The number of anilines is 1. The number of thioether (sulfide) groups is 1. The highest BCUT2D eigenvalue weighted by Gasteiger charge is 2.14. The van der Waals surface area contributed by atoms with Gasteiger partial charge in [0.2, 0.25) is 5.91 Å². The van der Waals surface area contributed by atoms with Crippen molar-refractivity contribution in [1.82, 2.24) is 14.8 Å². The molecule has 0 aliphatic heterocycles. The lowest BCUT2D eigenvalue weighted by atomic mass is 10.0. The van der Waals surface area contributed by atoms with Gasteiger partial charge in [0.25, 0.3) is 0 Å². The van der Waals surface area contributed by atoms with Crippen LogP contribution in [0.4, 0.5) is 5.69 Å². The first kappa shape index (κ1) is 20.1. The Morgan fingerprint density at radius 3 is 2.46 bits per heavy atom. The Morgan fingerprint density at radius 1 is 1.11 bits per heavy atom. The minimum atomic E-state index is -0.0530. The molecule has 1 amide bonds. The maximum atomic E-state index is 12.3. The zero-order valence-electron chi connectivity index (χ0n) is 17.0. The minimum absolute atomic E-state index is 0.0530. The molecule has 0 bridgehead atoms. The van der Waals surface area contributed by atoms with Gasteiger partial charge in [0.05, 0.1) is 5.75 Å². The fourth-order valence-corrected chi connectivity index (χ4v) is 3.69. The number of rotatable bonds is 6. The van der Waals surface area contributed by atoms with Crippen LogP contribution < -0.4 is 5.32 Å². The summed E-state index contributed by atoms with van der Waals surface area (Å²) in [5.41, 5.74) is 5.40. The number of nitrogens with zero attached hydrogens (tertiary/aromatic N) is 3. The predicted molar refractivity (Wildman–Crippen MR) is 116 cm³/mol. The lowest BCUT2D eigenvalue weighted by molar-refractivity contribution is -0.113. The third-order valence-electron chi connectivity index (χ3n) is 4.66. The van der Waals surface area contributed by atoms with E-state index in [9.17, 15) is 4.79 Å². The SMILES string of the molecule is Cc1ccc(NC(=O)CSc2nnc(-c3ccc(C(C)C)cc3)n2C)c(C)c1. The Morgan fingerprint density at radius 2 is 1.82 bits per heavy atom. The molecule has 0 radical (unpaired) electrons. The smallest absolute Gasteiger partial charge is 0.234 e. The molecule has 6 heteroatoms. The summed E-state index contributed by atoms with van der Waals surface area (Å²) in [6.45, 7) is 8.39. The molecule has 5 nitrogen and oxygen atoms in total. The maximum Gasteiger partial charge on any atom is 0.234 e. The van der Waals surface area contributed by atoms with Crippen LogP contribution in [0.3, 0.4) is 0 Å². The Kier molecular flexibility index (Phi) is 6.19. The van der Waals surface area contributed by atoms with E-state index in [4.69, 9.17) is 0 Å². The van der Waals surface area contributed by atoms with Crippen molar-refractivity contribution in [1.29, 1.82) is 0 Å². The first-order valence-electron chi connectivity index (χ1n) is 9.34. The number of aromatic nitrogens is 3. The van der Waals surface area contributed by atoms with Gasteiger partial charge >= 0.3 is 0 Å². The van der Waals surface area contributed by atoms with Crippen molar-refractivity contribution in [3.05, 3.63) is 59.2 Å². The fourth-order valence-electron chi connectivity index (χ4n) is 2.98. The van der Waals surface area contributed by atoms with E-state index in [-0.39, 0.29) is 11.7 Å². The van der Waals surface area contributed by atoms with Gasteiger partial charge < -0.3 is 9.88 Å². The average molecular weight is 395 g/mol. The number of carbonyl (C=O) groups excluding carboxylic acids is 1. The molecule has 3 aromatic rings. The average Bonchev–Trinajstić information content (AvgIpc) is 3.03. The molecule has 1 heterocycles. The molecule has 1 N–H and O–H groups in total. The summed E-state index contributed by atoms with van der Waals surface area (Å²) in [5, 5.41) is 12.2. The second-order valence-corrected chi connectivity index (χ2v) is 8.24. The summed E-state index contributed by atoms with van der Waals surface area (Å²) >= 11 is 1.38.